The number of likely N-dealkylation sites (tertiary alicyclic amines) is 1. The van der Waals surface area contributed by atoms with Gasteiger partial charge in [0.05, 0.1) is 15.8 Å². The molecule has 0 aromatic heterocycles. The van der Waals surface area contributed by atoms with Crippen LogP contribution in [0.3, 0.4) is 0 Å². The Hall–Kier alpha value is -0.330. The molecule has 0 amide bonds. The predicted molar refractivity (Wildman–Crippen MR) is 94.5 cm³/mol. The first-order valence-corrected chi connectivity index (χ1v) is 10.4. The Morgan fingerprint density at radius 1 is 1.09 bits per heavy atom. The third-order valence-electron chi connectivity index (χ3n) is 4.98. The van der Waals surface area contributed by atoms with Crippen LogP contribution in [0.2, 0.25) is 10.0 Å². The number of likely N-dealkylation sites (N-methyl/N-ethyl adjacent to an activating group) is 1. The normalized spacial score (nSPS) is 26.9. The van der Waals surface area contributed by atoms with Gasteiger partial charge in [0.15, 0.2) is 0 Å². The van der Waals surface area contributed by atoms with Crippen molar-refractivity contribution < 1.29 is 8.42 Å². The van der Waals surface area contributed by atoms with Gasteiger partial charge in [0.25, 0.3) is 0 Å². The van der Waals surface area contributed by atoms with E-state index < -0.39 is 10.0 Å². The highest BCUT2D eigenvalue weighted by molar-refractivity contribution is 7.88. The molecule has 7 heteroatoms. The largest absolute Gasteiger partial charge is 0.302 e. The average Bonchev–Trinajstić information content (AvgIpc) is 2.84. The van der Waals surface area contributed by atoms with Gasteiger partial charge in [0.2, 0.25) is 10.0 Å². The molecule has 3 rings (SSSR count). The number of benzene rings is 1. The zero-order chi connectivity index (χ0) is 16.6. The van der Waals surface area contributed by atoms with E-state index in [9.17, 15) is 8.42 Å². The van der Waals surface area contributed by atoms with Crippen LogP contribution in [-0.2, 0) is 15.8 Å². The highest BCUT2D eigenvalue weighted by Crippen LogP contribution is 2.33. The molecule has 0 unspecified atom stereocenters. The van der Waals surface area contributed by atoms with Gasteiger partial charge in [-0.25, -0.2) is 8.42 Å². The number of nitrogens with zero attached hydrogens (tertiary/aromatic N) is 2. The molecule has 0 radical (unpaired) electrons. The fourth-order valence-corrected chi connectivity index (χ4v) is 5.94. The second-order valence-electron chi connectivity index (χ2n) is 6.52. The Morgan fingerprint density at radius 2 is 1.87 bits per heavy atom. The molecule has 0 N–H and O–H groups in total. The molecule has 2 aliphatic rings. The molecule has 0 spiro atoms. The van der Waals surface area contributed by atoms with Gasteiger partial charge in [-0.3, -0.25) is 0 Å². The van der Waals surface area contributed by atoms with Crippen LogP contribution in [-0.4, -0.2) is 49.8 Å². The van der Waals surface area contributed by atoms with Gasteiger partial charge in [-0.1, -0.05) is 35.7 Å². The van der Waals surface area contributed by atoms with Crippen LogP contribution in [0, 0.1) is 0 Å². The second kappa shape index (κ2) is 6.89. The number of hydrogen-bond donors (Lipinski definition) is 0. The highest BCUT2D eigenvalue weighted by atomic mass is 35.5. The van der Waals surface area contributed by atoms with Crippen molar-refractivity contribution in [2.45, 2.75) is 43.5 Å². The molecule has 2 aliphatic heterocycles. The van der Waals surface area contributed by atoms with E-state index in [1.54, 1.807) is 22.5 Å². The van der Waals surface area contributed by atoms with Crippen molar-refractivity contribution in [1.29, 1.82) is 0 Å². The maximum Gasteiger partial charge on any atom is 0.218 e. The number of sulfonamides is 1. The summed E-state index contributed by atoms with van der Waals surface area (Å²) in [4.78, 5) is 2.33. The van der Waals surface area contributed by atoms with Gasteiger partial charge in [0, 0.05) is 18.6 Å². The molecule has 2 fully saturated rings. The van der Waals surface area contributed by atoms with Crippen LogP contribution in [0.5, 0.6) is 0 Å². The lowest BCUT2D eigenvalue weighted by Gasteiger charge is -2.30. The molecule has 0 bridgehead atoms. The molecule has 1 aromatic carbocycles. The van der Waals surface area contributed by atoms with Gasteiger partial charge in [0.1, 0.15) is 0 Å². The Kier molecular flexibility index (Phi) is 5.24. The molecule has 2 atom stereocenters. The van der Waals surface area contributed by atoms with Crippen molar-refractivity contribution in [3.8, 4) is 0 Å². The number of fused-ring (bicyclic) bond motifs is 1. The van der Waals surface area contributed by atoms with Crippen LogP contribution in [0.15, 0.2) is 18.2 Å². The molecule has 23 heavy (non-hydrogen) atoms. The van der Waals surface area contributed by atoms with E-state index >= 15 is 0 Å². The maximum atomic E-state index is 12.9. The maximum absolute atomic E-state index is 12.9. The summed E-state index contributed by atoms with van der Waals surface area (Å²) in [6.45, 7) is 1.67. The minimum Gasteiger partial charge on any atom is -0.302 e. The summed E-state index contributed by atoms with van der Waals surface area (Å²) in [6.07, 6.45) is 4.10. The van der Waals surface area contributed by atoms with E-state index in [0.717, 1.165) is 32.2 Å². The zero-order valence-electron chi connectivity index (χ0n) is 13.2. The summed E-state index contributed by atoms with van der Waals surface area (Å²) in [6, 6.07) is 5.49. The van der Waals surface area contributed by atoms with Crippen LogP contribution in [0.25, 0.3) is 0 Å². The summed E-state index contributed by atoms with van der Waals surface area (Å²) in [5, 5.41) is 0.840. The molecule has 128 valence electrons. The predicted octanol–water partition coefficient (Wildman–Crippen LogP) is 3.38. The van der Waals surface area contributed by atoms with Crippen molar-refractivity contribution in [3.63, 3.8) is 0 Å². The summed E-state index contributed by atoms with van der Waals surface area (Å²) >= 11 is 11.9. The summed E-state index contributed by atoms with van der Waals surface area (Å²) < 4.78 is 27.5. The lowest BCUT2D eigenvalue weighted by Crippen LogP contribution is -2.44. The molecule has 0 saturated carbocycles. The standard InChI is InChI=1S/C16H22Cl2N2O2S/c1-19-8-3-2-4-16-15(19)7-9-20(16)23(21,22)11-12-5-6-13(17)14(18)10-12/h5-6,10,15-16H,2-4,7-9,11H2,1H3/t15-,16-/m1/s1. The van der Waals surface area contributed by atoms with E-state index in [-0.39, 0.29) is 11.8 Å². The minimum atomic E-state index is -3.35. The second-order valence-corrected chi connectivity index (χ2v) is 9.25. The van der Waals surface area contributed by atoms with Crippen molar-refractivity contribution in [1.82, 2.24) is 9.21 Å². The Bertz CT molecular complexity index is 681. The molecular weight excluding hydrogens is 355 g/mol. The monoisotopic (exact) mass is 376 g/mol. The van der Waals surface area contributed by atoms with Gasteiger partial charge in [-0.05, 0) is 50.6 Å². The van der Waals surface area contributed by atoms with Gasteiger partial charge >= 0.3 is 0 Å². The smallest absolute Gasteiger partial charge is 0.218 e. The average molecular weight is 377 g/mol. The van der Waals surface area contributed by atoms with Crippen molar-refractivity contribution in [3.05, 3.63) is 33.8 Å². The van der Waals surface area contributed by atoms with Crippen molar-refractivity contribution in [2.75, 3.05) is 20.1 Å². The van der Waals surface area contributed by atoms with E-state index in [4.69, 9.17) is 23.2 Å². The summed E-state index contributed by atoms with van der Waals surface area (Å²) in [7, 11) is -1.24. The number of rotatable bonds is 3. The number of hydrogen-bond acceptors (Lipinski definition) is 3. The summed E-state index contributed by atoms with van der Waals surface area (Å²) in [5.41, 5.74) is 0.685. The molecule has 0 aliphatic carbocycles. The third-order valence-corrected chi connectivity index (χ3v) is 7.58. The lowest BCUT2D eigenvalue weighted by molar-refractivity contribution is 0.219. The first-order chi connectivity index (χ1) is 10.9. The quantitative estimate of drug-likeness (QED) is 0.811. The topological polar surface area (TPSA) is 40.6 Å². The van der Waals surface area contributed by atoms with Gasteiger partial charge in [-0.15, -0.1) is 0 Å². The Balaban J connectivity index is 1.80. The highest BCUT2D eigenvalue weighted by Gasteiger charge is 2.42. The first kappa shape index (κ1) is 17.5. The molecule has 1 aromatic rings. The van der Waals surface area contributed by atoms with Crippen LogP contribution < -0.4 is 0 Å². The molecule has 2 saturated heterocycles. The molecule has 2 heterocycles. The van der Waals surface area contributed by atoms with Gasteiger partial charge < -0.3 is 4.90 Å². The number of halogens is 2. The van der Waals surface area contributed by atoms with E-state index in [0.29, 0.717) is 28.2 Å². The SMILES string of the molecule is CN1CCCC[C@@H]2[C@H]1CCN2S(=O)(=O)Cc1ccc(Cl)c(Cl)c1. The first-order valence-electron chi connectivity index (χ1n) is 8.02. The Morgan fingerprint density at radius 3 is 2.61 bits per heavy atom. The lowest BCUT2D eigenvalue weighted by atomic mass is 10.1. The van der Waals surface area contributed by atoms with Crippen LogP contribution in [0.1, 0.15) is 31.2 Å². The third kappa shape index (κ3) is 3.69. The van der Waals surface area contributed by atoms with E-state index in [2.05, 4.69) is 11.9 Å². The minimum absolute atomic E-state index is 0.0170. The van der Waals surface area contributed by atoms with Crippen molar-refractivity contribution in [2.24, 2.45) is 0 Å². The van der Waals surface area contributed by atoms with Crippen LogP contribution >= 0.6 is 23.2 Å². The van der Waals surface area contributed by atoms with Gasteiger partial charge in [-0.2, -0.15) is 4.31 Å². The fourth-order valence-electron chi connectivity index (χ4n) is 3.81. The molecule has 4 nitrogen and oxygen atoms in total. The molecular formula is C16H22Cl2N2O2S. The van der Waals surface area contributed by atoms with Crippen LogP contribution in [0.4, 0.5) is 0 Å². The van der Waals surface area contributed by atoms with E-state index in [1.807, 2.05) is 0 Å². The zero-order valence-corrected chi connectivity index (χ0v) is 15.5. The van der Waals surface area contributed by atoms with E-state index in [1.165, 1.54) is 0 Å². The van der Waals surface area contributed by atoms with Crippen molar-refractivity contribution >= 4 is 33.2 Å². The summed E-state index contributed by atoms with van der Waals surface area (Å²) in [5.74, 6) is -0.0170. The Labute approximate surface area is 148 Å². The fraction of sp³-hybridized carbons (Fsp3) is 0.625.